The Morgan fingerprint density at radius 3 is 2.55 bits per heavy atom. The van der Waals surface area contributed by atoms with Crippen molar-refractivity contribution >= 4 is 40.8 Å². The van der Waals surface area contributed by atoms with E-state index in [0.717, 1.165) is 17.9 Å². The molecule has 1 atom stereocenters. The van der Waals surface area contributed by atoms with Crippen LogP contribution in [0.2, 0.25) is 0 Å². The van der Waals surface area contributed by atoms with Crippen molar-refractivity contribution in [3.8, 4) is 11.5 Å². The van der Waals surface area contributed by atoms with Gasteiger partial charge in [-0.25, -0.2) is 12.7 Å². The molecule has 1 saturated carbocycles. The Morgan fingerprint density at radius 1 is 1.24 bits per heavy atom. The van der Waals surface area contributed by atoms with Crippen molar-refractivity contribution in [1.29, 1.82) is 0 Å². The third-order valence-corrected chi connectivity index (χ3v) is 7.31. The van der Waals surface area contributed by atoms with Crippen LogP contribution in [0, 0.1) is 5.92 Å². The summed E-state index contributed by atoms with van der Waals surface area (Å²) in [5.74, 6) is 0.494. The Hall–Kier alpha value is -3.08. The molecule has 1 fully saturated rings. The van der Waals surface area contributed by atoms with E-state index in [9.17, 15) is 19.5 Å². The molecule has 38 heavy (non-hydrogen) atoms. The highest BCUT2D eigenvalue weighted by Crippen LogP contribution is 2.27. The van der Waals surface area contributed by atoms with E-state index in [1.807, 2.05) is 54.1 Å². The number of benzene rings is 1. The molecule has 1 aromatic carbocycles. The standard InChI is InChI=1S/C29H34INO7/c1-19(8-6-7-15-31(30)29(35)36-3)25-17-24(32)26(28(34)38-25)27(33)20(2)16-21-11-13-23(14-12-21)37-18-22-9-4-5-10-22/h7,11-17,19,22,32H,4-6,8-10,18H2,1-3H3/b15-7+,20-16+. The maximum absolute atomic E-state index is 13.0. The number of rotatable bonds is 11. The number of carbonyl (C=O) groups excluding carboxylic acids is 2. The first-order chi connectivity index (χ1) is 18.2. The van der Waals surface area contributed by atoms with Crippen LogP contribution in [0.15, 0.2) is 57.4 Å². The normalized spacial score (nSPS) is 15.0. The zero-order valence-electron chi connectivity index (χ0n) is 21.9. The van der Waals surface area contributed by atoms with Gasteiger partial charge in [0.15, 0.2) is 5.78 Å². The van der Waals surface area contributed by atoms with Crippen LogP contribution in [0.3, 0.4) is 0 Å². The fraction of sp³-hybridized carbons (Fsp3) is 0.414. The summed E-state index contributed by atoms with van der Waals surface area (Å²) in [6, 6.07) is 8.76. The van der Waals surface area contributed by atoms with Crippen molar-refractivity contribution < 1.29 is 28.6 Å². The molecule has 1 aliphatic rings. The Bertz CT molecular complexity index is 1230. The van der Waals surface area contributed by atoms with Crippen LogP contribution in [0.5, 0.6) is 11.5 Å². The lowest BCUT2D eigenvalue weighted by Gasteiger charge is -2.12. The summed E-state index contributed by atoms with van der Waals surface area (Å²) in [5.41, 5.74) is -0.180. The predicted octanol–water partition coefficient (Wildman–Crippen LogP) is 7.02. The zero-order valence-corrected chi connectivity index (χ0v) is 24.1. The maximum atomic E-state index is 13.0. The van der Waals surface area contributed by atoms with Gasteiger partial charge in [-0.2, -0.15) is 0 Å². The molecule has 8 nitrogen and oxygen atoms in total. The van der Waals surface area contributed by atoms with Crippen LogP contribution in [0.1, 0.15) is 80.0 Å². The minimum absolute atomic E-state index is 0.200. The molecule has 1 heterocycles. The lowest BCUT2D eigenvalue weighted by atomic mass is 9.99. The number of carbonyl (C=O) groups is 2. The van der Waals surface area contributed by atoms with Crippen LogP contribution in [-0.2, 0) is 4.74 Å². The maximum Gasteiger partial charge on any atom is 0.422 e. The first kappa shape index (κ1) is 29.5. The Morgan fingerprint density at radius 2 is 1.92 bits per heavy atom. The molecule has 1 amide bonds. The molecule has 1 aliphatic carbocycles. The van der Waals surface area contributed by atoms with E-state index in [-0.39, 0.29) is 17.2 Å². The van der Waals surface area contributed by atoms with Gasteiger partial charge in [0.1, 0.15) is 22.8 Å². The smallest absolute Gasteiger partial charge is 0.422 e. The van der Waals surface area contributed by atoms with E-state index in [2.05, 4.69) is 4.74 Å². The second kappa shape index (κ2) is 14.2. The molecule has 0 radical (unpaired) electrons. The number of ketones is 1. The summed E-state index contributed by atoms with van der Waals surface area (Å²) in [7, 11) is 1.30. The first-order valence-corrected chi connectivity index (χ1v) is 13.7. The second-order valence-electron chi connectivity index (χ2n) is 9.53. The second-order valence-corrected chi connectivity index (χ2v) is 10.6. The summed E-state index contributed by atoms with van der Waals surface area (Å²) < 4.78 is 17.2. The van der Waals surface area contributed by atoms with Crippen molar-refractivity contribution in [1.82, 2.24) is 3.11 Å². The Labute approximate surface area is 236 Å². The number of nitrogens with zero attached hydrogens (tertiary/aromatic N) is 1. The van der Waals surface area contributed by atoms with Crippen LogP contribution in [-0.4, -0.2) is 33.8 Å². The molecular formula is C29H34INO7. The fourth-order valence-corrected chi connectivity index (χ4v) is 4.74. The van der Waals surface area contributed by atoms with Crippen molar-refractivity contribution in [2.24, 2.45) is 5.92 Å². The summed E-state index contributed by atoms with van der Waals surface area (Å²) >= 11 is 1.81. The largest absolute Gasteiger partial charge is 0.507 e. The number of aromatic hydroxyl groups is 1. The van der Waals surface area contributed by atoms with Gasteiger partial charge in [0.25, 0.3) is 0 Å². The number of halogens is 1. The average Bonchev–Trinajstić information content (AvgIpc) is 3.43. The van der Waals surface area contributed by atoms with Gasteiger partial charge in [-0.15, -0.1) is 0 Å². The van der Waals surface area contributed by atoms with E-state index in [0.29, 0.717) is 24.3 Å². The third-order valence-electron chi connectivity index (χ3n) is 6.60. The number of allylic oxidation sites excluding steroid dienone is 2. The molecule has 204 valence electrons. The SMILES string of the molecule is COC(=O)N(I)/C=C/CCC(C)c1cc(O)c(C(=O)/C(C)=C/c2ccc(OCC3CCCC3)cc2)c(=O)o1. The lowest BCUT2D eigenvalue weighted by molar-refractivity contribution is 0.102. The highest BCUT2D eigenvalue weighted by Gasteiger charge is 2.22. The minimum atomic E-state index is -0.875. The summed E-state index contributed by atoms with van der Waals surface area (Å²) in [6.45, 7) is 4.17. The summed E-state index contributed by atoms with van der Waals surface area (Å²) in [5, 5.41) is 10.5. The quantitative estimate of drug-likeness (QED) is 0.123. The highest BCUT2D eigenvalue weighted by atomic mass is 127. The molecular weight excluding hydrogens is 601 g/mol. The van der Waals surface area contributed by atoms with E-state index < -0.39 is 23.3 Å². The van der Waals surface area contributed by atoms with Gasteiger partial charge < -0.3 is 19.0 Å². The van der Waals surface area contributed by atoms with E-state index >= 15 is 0 Å². The predicted molar refractivity (Wildman–Crippen MR) is 154 cm³/mol. The van der Waals surface area contributed by atoms with Gasteiger partial charge in [-0.3, -0.25) is 4.79 Å². The highest BCUT2D eigenvalue weighted by molar-refractivity contribution is 14.1. The molecule has 3 rings (SSSR count). The third kappa shape index (κ3) is 8.21. The van der Waals surface area contributed by atoms with Gasteiger partial charge in [0.2, 0.25) is 0 Å². The number of ether oxygens (including phenoxy) is 2. The van der Waals surface area contributed by atoms with Gasteiger partial charge >= 0.3 is 11.7 Å². The number of methoxy groups -OCH3 is 1. The topological polar surface area (TPSA) is 106 Å². The molecule has 0 bridgehead atoms. The van der Waals surface area contributed by atoms with Gasteiger partial charge in [-0.1, -0.05) is 38.0 Å². The molecule has 0 aliphatic heterocycles. The van der Waals surface area contributed by atoms with Crippen LogP contribution < -0.4 is 10.4 Å². The van der Waals surface area contributed by atoms with Crippen LogP contribution in [0.4, 0.5) is 4.79 Å². The Balaban J connectivity index is 1.62. The van der Waals surface area contributed by atoms with Crippen molar-refractivity contribution in [3.05, 3.63) is 75.5 Å². The number of Topliss-reactive ketones (excluding diaryl/α,β-unsaturated/α-hetero) is 1. The molecule has 9 heteroatoms. The monoisotopic (exact) mass is 635 g/mol. The van der Waals surface area contributed by atoms with Crippen LogP contribution >= 0.6 is 22.9 Å². The van der Waals surface area contributed by atoms with E-state index in [1.54, 1.807) is 25.3 Å². The molecule has 2 aromatic rings. The lowest BCUT2D eigenvalue weighted by Crippen LogP contribution is -2.16. The zero-order chi connectivity index (χ0) is 27.7. The van der Waals surface area contributed by atoms with Crippen molar-refractivity contribution in [3.63, 3.8) is 0 Å². The number of amides is 1. The molecule has 1 unspecified atom stereocenters. The first-order valence-electron chi connectivity index (χ1n) is 12.7. The van der Waals surface area contributed by atoms with Gasteiger partial charge in [0, 0.05) is 18.2 Å². The number of hydrogen-bond donors (Lipinski definition) is 1. The number of hydrogen-bond acceptors (Lipinski definition) is 7. The minimum Gasteiger partial charge on any atom is -0.507 e. The molecule has 0 saturated heterocycles. The average molecular weight is 635 g/mol. The Kier molecular flexibility index (Phi) is 11.0. The van der Waals surface area contributed by atoms with Gasteiger partial charge in [0.05, 0.1) is 36.6 Å². The van der Waals surface area contributed by atoms with E-state index in [1.165, 1.54) is 42.0 Å². The van der Waals surface area contributed by atoms with E-state index in [4.69, 9.17) is 9.15 Å². The van der Waals surface area contributed by atoms with Crippen molar-refractivity contribution in [2.45, 2.75) is 58.3 Å². The molecule has 0 spiro atoms. The fourth-order valence-electron chi connectivity index (χ4n) is 4.32. The molecule has 1 aromatic heterocycles. The summed E-state index contributed by atoms with van der Waals surface area (Å²) in [4.78, 5) is 37.0. The van der Waals surface area contributed by atoms with Gasteiger partial charge in [-0.05, 0) is 67.9 Å². The summed E-state index contributed by atoms with van der Waals surface area (Å²) in [6.07, 6.45) is 10.7. The van der Waals surface area contributed by atoms with Crippen LogP contribution in [0.25, 0.3) is 6.08 Å². The molecule has 1 N–H and O–H groups in total. The van der Waals surface area contributed by atoms with Crippen molar-refractivity contribution in [2.75, 3.05) is 13.7 Å².